The second kappa shape index (κ2) is 5.56. The van der Waals surface area contributed by atoms with Crippen LogP contribution in [0, 0.1) is 11.8 Å². The van der Waals surface area contributed by atoms with Crippen LogP contribution in [0.5, 0.6) is 5.75 Å². The number of hydrogen-bond acceptors (Lipinski definition) is 2. The highest BCUT2D eigenvalue weighted by atomic mass is 79.9. The Balaban J connectivity index is 2.94. The van der Waals surface area contributed by atoms with E-state index in [0.29, 0.717) is 5.69 Å². The van der Waals surface area contributed by atoms with E-state index in [0.717, 1.165) is 23.1 Å². The monoisotopic (exact) mass is 253 g/mol. The molecule has 0 aliphatic heterocycles. The highest BCUT2D eigenvalue weighted by molar-refractivity contribution is 9.09. The van der Waals surface area contributed by atoms with Crippen molar-refractivity contribution in [2.24, 2.45) is 0 Å². The second-order valence-electron chi connectivity index (χ2n) is 2.70. The summed E-state index contributed by atoms with van der Waals surface area (Å²) >= 11 is 3.31. The number of benzene rings is 1. The summed E-state index contributed by atoms with van der Waals surface area (Å²) in [4.78, 5) is 0. The van der Waals surface area contributed by atoms with Crippen molar-refractivity contribution in [2.75, 3.05) is 18.2 Å². The normalized spacial score (nSPS) is 9.00. The van der Waals surface area contributed by atoms with E-state index in [1.165, 1.54) is 0 Å². The zero-order chi connectivity index (χ0) is 10.4. The van der Waals surface area contributed by atoms with Gasteiger partial charge in [-0.3, -0.25) is 0 Å². The van der Waals surface area contributed by atoms with Gasteiger partial charge in [0.1, 0.15) is 5.75 Å². The number of hydrogen-bond donors (Lipinski definition) is 1. The Kier molecular flexibility index (Phi) is 4.34. The number of halogens is 1. The van der Waals surface area contributed by atoms with Gasteiger partial charge in [0, 0.05) is 17.4 Å². The molecule has 2 N–H and O–H groups in total. The van der Waals surface area contributed by atoms with Crippen molar-refractivity contribution in [1.29, 1.82) is 0 Å². The quantitative estimate of drug-likeness (QED) is 0.499. The lowest BCUT2D eigenvalue weighted by molar-refractivity contribution is 0.413. The van der Waals surface area contributed by atoms with Crippen LogP contribution in [-0.4, -0.2) is 12.4 Å². The molecule has 0 aliphatic carbocycles. The van der Waals surface area contributed by atoms with E-state index in [-0.39, 0.29) is 0 Å². The van der Waals surface area contributed by atoms with Crippen molar-refractivity contribution in [3.8, 4) is 17.6 Å². The van der Waals surface area contributed by atoms with Gasteiger partial charge in [-0.15, -0.1) is 0 Å². The van der Waals surface area contributed by atoms with Crippen molar-refractivity contribution in [2.45, 2.75) is 6.42 Å². The minimum absolute atomic E-state index is 0.703. The fourth-order valence-electron chi connectivity index (χ4n) is 1.03. The summed E-state index contributed by atoms with van der Waals surface area (Å²) in [7, 11) is 1.63. The van der Waals surface area contributed by atoms with Crippen LogP contribution in [0.25, 0.3) is 0 Å². The molecule has 2 nitrogen and oxygen atoms in total. The van der Waals surface area contributed by atoms with E-state index in [4.69, 9.17) is 10.5 Å². The molecule has 0 heterocycles. The Morgan fingerprint density at radius 2 is 2.29 bits per heavy atom. The Morgan fingerprint density at radius 1 is 1.50 bits per heavy atom. The smallest absolute Gasteiger partial charge is 0.134 e. The van der Waals surface area contributed by atoms with E-state index in [1.807, 2.05) is 12.1 Å². The van der Waals surface area contributed by atoms with Gasteiger partial charge in [0.25, 0.3) is 0 Å². The first-order chi connectivity index (χ1) is 6.77. The number of anilines is 1. The van der Waals surface area contributed by atoms with E-state index in [9.17, 15) is 0 Å². The minimum atomic E-state index is 0.703. The molecule has 3 heteroatoms. The lowest BCUT2D eigenvalue weighted by Crippen LogP contribution is -1.91. The van der Waals surface area contributed by atoms with Crippen molar-refractivity contribution in [3.63, 3.8) is 0 Å². The minimum Gasteiger partial charge on any atom is -0.495 e. The van der Waals surface area contributed by atoms with Crippen molar-refractivity contribution in [3.05, 3.63) is 23.8 Å². The highest BCUT2D eigenvalue weighted by Gasteiger charge is 1.98. The molecule has 0 aromatic heterocycles. The maximum atomic E-state index is 5.65. The molecule has 0 fully saturated rings. The molecule has 74 valence electrons. The van der Waals surface area contributed by atoms with Crippen LogP contribution >= 0.6 is 15.9 Å². The third kappa shape index (κ3) is 2.97. The summed E-state index contributed by atoms with van der Waals surface area (Å²) in [5.41, 5.74) is 7.20. The first-order valence-corrected chi connectivity index (χ1v) is 5.38. The van der Waals surface area contributed by atoms with Gasteiger partial charge in [0.2, 0.25) is 0 Å². The molecular formula is C11H12BrNO. The molecule has 0 atom stereocenters. The van der Waals surface area contributed by atoms with E-state index in [2.05, 4.69) is 27.8 Å². The first kappa shape index (κ1) is 10.9. The number of rotatable bonds is 2. The third-order valence-electron chi connectivity index (χ3n) is 1.67. The number of nitrogens with two attached hydrogens (primary N) is 1. The summed E-state index contributed by atoms with van der Waals surface area (Å²) in [5.74, 6) is 6.81. The number of nitrogen functional groups attached to an aromatic ring is 1. The Labute approximate surface area is 92.6 Å². The van der Waals surface area contributed by atoms with Gasteiger partial charge in [0.15, 0.2) is 0 Å². The zero-order valence-electron chi connectivity index (χ0n) is 8.01. The molecule has 0 aliphatic rings. The van der Waals surface area contributed by atoms with Gasteiger partial charge >= 0.3 is 0 Å². The van der Waals surface area contributed by atoms with Gasteiger partial charge in [-0.2, -0.15) is 0 Å². The van der Waals surface area contributed by atoms with Crippen molar-refractivity contribution in [1.82, 2.24) is 0 Å². The van der Waals surface area contributed by atoms with Crippen LogP contribution in [-0.2, 0) is 0 Å². The van der Waals surface area contributed by atoms with Gasteiger partial charge in [-0.25, -0.2) is 0 Å². The topological polar surface area (TPSA) is 35.2 Å². The summed E-state index contributed by atoms with van der Waals surface area (Å²) in [6.45, 7) is 0. The Hall–Kier alpha value is -1.14. The molecule has 0 unspecified atom stereocenters. The lowest BCUT2D eigenvalue weighted by Gasteiger charge is -2.03. The van der Waals surface area contributed by atoms with Gasteiger partial charge in [-0.1, -0.05) is 27.8 Å². The van der Waals surface area contributed by atoms with E-state index in [1.54, 1.807) is 13.2 Å². The van der Waals surface area contributed by atoms with Crippen LogP contribution in [0.3, 0.4) is 0 Å². The lowest BCUT2D eigenvalue weighted by atomic mass is 10.2. The molecule has 1 aromatic carbocycles. The first-order valence-electron chi connectivity index (χ1n) is 4.26. The zero-order valence-corrected chi connectivity index (χ0v) is 9.60. The predicted octanol–water partition coefficient (Wildman–Crippen LogP) is 2.41. The summed E-state index contributed by atoms with van der Waals surface area (Å²) in [6, 6.07) is 5.45. The molecule has 0 saturated carbocycles. The Bertz CT molecular complexity index is 365. The van der Waals surface area contributed by atoms with E-state index < -0.39 is 0 Å². The summed E-state index contributed by atoms with van der Waals surface area (Å²) in [5, 5.41) is 0.880. The van der Waals surface area contributed by atoms with Crippen LogP contribution in [0.15, 0.2) is 18.2 Å². The largest absolute Gasteiger partial charge is 0.495 e. The number of alkyl halides is 1. The maximum absolute atomic E-state index is 5.65. The molecule has 0 saturated heterocycles. The fraction of sp³-hybridized carbons (Fsp3) is 0.273. The van der Waals surface area contributed by atoms with Crippen LogP contribution < -0.4 is 10.5 Å². The summed E-state index contributed by atoms with van der Waals surface area (Å²) < 4.78 is 5.16. The standard InChI is InChI=1S/C11H12BrNO/c1-14-11-6-5-10(13)8-9(11)4-2-3-7-12/h5-6,8H,3,7,13H2,1H3. The average molecular weight is 254 g/mol. The molecule has 1 aromatic rings. The molecule has 0 amide bonds. The second-order valence-corrected chi connectivity index (χ2v) is 3.49. The maximum Gasteiger partial charge on any atom is 0.134 e. The SMILES string of the molecule is COc1ccc(N)cc1C#CCCBr. The van der Waals surface area contributed by atoms with Crippen molar-refractivity contribution >= 4 is 21.6 Å². The van der Waals surface area contributed by atoms with Gasteiger partial charge in [-0.05, 0) is 18.2 Å². The molecule has 0 spiro atoms. The third-order valence-corrected chi connectivity index (χ3v) is 2.06. The molecule has 0 bridgehead atoms. The predicted molar refractivity (Wildman–Crippen MR) is 62.7 cm³/mol. The van der Waals surface area contributed by atoms with Crippen molar-refractivity contribution < 1.29 is 4.74 Å². The van der Waals surface area contributed by atoms with Gasteiger partial charge in [0.05, 0.1) is 12.7 Å². The van der Waals surface area contributed by atoms with Crippen LogP contribution in [0.4, 0.5) is 5.69 Å². The van der Waals surface area contributed by atoms with Crippen LogP contribution in [0.1, 0.15) is 12.0 Å². The highest BCUT2D eigenvalue weighted by Crippen LogP contribution is 2.19. The van der Waals surface area contributed by atoms with Gasteiger partial charge < -0.3 is 10.5 Å². The fourth-order valence-corrected chi connectivity index (χ4v) is 1.23. The average Bonchev–Trinajstić information content (AvgIpc) is 2.19. The molecular weight excluding hydrogens is 242 g/mol. The van der Waals surface area contributed by atoms with Crippen LogP contribution in [0.2, 0.25) is 0 Å². The number of ether oxygens (including phenoxy) is 1. The molecule has 0 radical (unpaired) electrons. The number of methoxy groups -OCH3 is 1. The Morgan fingerprint density at radius 3 is 2.93 bits per heavy atom. The van der Waals surface area contributed by atoms with E-state index >= 15 is 0 Å². The molecule has 1 rings (SSSR count). The summed E-state index contributed by atoms with van der Waals surface area (Å²) in [6.07, 6.45) is 0.817. The molecule has 14 heavy (non-hydrogen) atoms.